The molecule has 3 rings (SSSR count). The highest BCUT2D eigenvalue weighted by Crippen LogP contribution is 2.31. The third-order valence-corrected chi connectivity index (χ3v) is 10.8. The first-order valence-electron chi connectivity index (χ1n) is 20.9. The Morgan fingerprint density at radius 3 is 1.23 bits per heavy atom. The zero-order valence-corrected chi connectivity index (χ0v) is 33.9. The van der Waals surface area contributed by atoms with E-state index in [-0.39, 0.29) is 12.1 Å². The Kier molecular flexibility index (Phi) is 20.5. The van der Waals surface area contributed by atoms with E-state index in [0.717, 1.165) is 87.5 Å². The van der Waals surface area contributed by atoms with Crippen LogP contribution < -0.4 is 20.4 Å². The number of nitrogens with zero attached hydrogens (tertiary/aromatic N) is 4. The molecule has 2 aromatic rings. The monoisotopic (exact) mass is 719 g/mol. The maximum atomic E-state index is 13.8. The molecule has 0 spiro atoms. The molecule has 2 N–H and O–H groups in total. The number of anilines is 4. The van der Waals surface area contributed by atoms with Crippen LogP contribution in [0.5, 0.6) is 0 Å². The Morgan fingerprint density at radius 2 is 0.885 bits per heavy atom. The molecule has 292 valence electrons. The summed E-state index contributed by atoms with van der Waals surface area (Å²) in [5, 5.41) is 6.41. The van der Waals surface area contributed by atoms with Crippen molar-refractivity contribution in [2.24, 2.45) is 11.8 Å². The molecule has 52 heavy (non-hydrogen) atoms. The van der Waals surface area contributed by atoms with Crippen LogP contribution in [0.25, 0.3) is 0 Å². The normalized spacial score (nSPS) is 15.6. The summed E-state index contributed by atoms with van der Waals surface area (Å²) in [7, 11) is 8.11. The summed E-state index contributed by atoms with van der Waals surface area (Å²) < 4.78 is 0. The second-order valence-electron chi connectivity index (χ2n) is 15.8. The SMILES string of the molecule is CCCCCCCCCN(C[C@H]1CCC[C@H](CN(CCCCCCCCC)C(=O)Nc2ccc(N(C)C)cc2)C1)C(=O)Nc1ccc(N(C)C)cc1. The number of carbonyl (C=O) groups is 2. The van der Waals surface area contributed by atoms with Crippen molar-refractivity contribution in [3.8, 4) is 0 Å². The summed E-state index contributed by atoms with van der Waals surface area (Å²) in [6.07, 6.45) is 21.7. The van der Waals surface area contributed by atoms with Crippen molar-refractivity contribution < 1.29 is 9.59 Å². The van der Waals surface area contributed by atoms with Crippen molar-refractivity contribution >= 4 is 34.8 Å². The Morgan fingerprint density at radius 1 is 0.538 bits per heavy atom. The topological polar surface area (TPSA) is 71.2 Å². The summed E-state index contributed by atoms with van der Waals surface area (Å²) >= 11 is 0. The maximum absolute atomic E-state index is 13.8. The number of nitrogens with one attached hydrogen (secondary N) is 2. The van der Waals surface area contributed by atoms with Gasteiger partial charge >= 0.3 is 12.1 Å². The number of hydrogen-bond acceptors (Lipinski definition) is 4. The van der Waals surface area contributed by atoms with Gasteiger partial charge < -0.3 is 30.2 Å². The first-order valence-corrected chi connectivity index (χ1v) is 20.9. The van der Waals surface area contributed by atoms with Gasteiger partial charge in [-0.3, -0.25) is 0 Å². The van der Waals surface area contributed by atoms with Gasteiger partial charge in [-0.15, -0.1) is 0 Å². The number of carbonyl (C=O) groups excluding carboxylic acids is 2. The molecule has 0 saturated heterocycles. The molecule has 0 heterocycles. The molecule has 8 nitrogen and oxygen atoms in total. The molecule has 1 aliphatic carbocycles. The zero-order chi connectivity index (χ0) is 37.6. The predicted molar refractivity (Wildman–Crippen MR) is 224 cm³/mol. The number of unbranched alkanes of at least 4 members (excludes halogenated alkanes) is 12. The zero-order valence-electron chi connectivity index (χ0n) is 33.9. The van der Waals surface area contributed by atoms with Crippen molar-refractivity contribution in [2.45, 2.75) is 129 Å². The minimum absolute atomic E-state index is 0.00550. The summed E-state index contributed by atoms with van der Waals surface area (Å²) in [4.78, 5) is 35.8. The third kappa shape index (κ3) is 16.5. The average Bonchev–Trinajstić information content (AvgIpc) is 3.13. The molecule has 0 unspecified atom stereocenters. The lowest BCUT2D eigenvalue weighted by molar-refractivity contribution is 0.153. The van der Waals surface area contributed by atoms with E-state index in [0.29, 0.717) is 11.8 Å². The van der Waals surface area contributed by atoms with Crippen LogP contribution in [0.4, 0.5) is 32.3 Å². The number of rotatable bonds is 24. The van der Waals surface area contributed by atoms with Gasteiger partial charge in [0.15, 0.2) is 0 Å². The Labute approximate surface area is 318 Å². The van der Waals surface area contributed by atoms with Gasteiger partial charge in [-0.25, -0.2) is 9.59 Å². The van der Waals surface area contributed by atoms with Gasteiger partial charge in [0.05, 0.1) is 0 Å². The summed E-state index contributed by atoms with van der Waals surface area (Å²) in [6.45, 7) is 7.64. The van der Waals surface area contributed by atoms with Crippen LogP contribution in [0.2, 0.25) is 0 Å². The molecule has 4 amide bonds. The van der Waals surface area contributed by atoms with Crippen LogP contribution in [-0.4, -0.2) is 76.2 Å². The highest BCUT2D eigenvalue weighted by molar-refractivity contribution is 5.90. The number of urea groups is 2. The Bertz CT molecular complexity index is 1150. The lowest BCUT2D eigenvalue weighted by Gasteiger charge is -2.36. The molecule has 2 aromatic carbocycles. The van der Waals surface area contributed by atoms with Crippen LogP contribution in [-0.2, 0) is 0 Å². The third-order valence-electron chi connectivity index (χ3n) is 10.8. The molecule has 8 heteroatoms. The summed E-state index contributed by atoms with van der Waals surface area (Å²) in [5.41, 5.74) is 3.90. The van der Waals surface area contributed by atoms with Crippen molar-refractivity contribution in [2.75, 3.05) is 74.8 Å². The quantitative estimate of drug-likeness (QED) is 0.106. The van der Waals surface area contributed by atoms with Gasteiger partial charge in [-0.05, 0) is 92.5 Å². The summed E-state index contributed by atoms with van der Waals surface area (Å²) in [5.74, 6) is 0.874. The number of amides is 4. The maximum Gasteiger partial charge on any atom is 0.321 e. The van der Waals surface area contributed by atoms with Gasteiger partial charge in [0, 0.05) is 77.1 Å². The van der Waals surface area contributed by atoms with E-state index >= 15 is 0 Å². The Balaban J connectivity index is 1.63. The molecular weight excluding hydrogens is 645 g/mol. The van der Waals surface area contributed by atoms with E-state index in [1.54, 1.807) is 0 Å². The lowest BCUT2D eigenvalue weighted by atomic mass is 9.80. The standard InChI is InChI=1S/C44H74N6O2/c1-7-9-11-13-15-17-19-32-49(43(51)45-39-24-28-41(29-25-39)47(3)4)35-37-22-21-23-38(34-37)36-50(33-20-18-16-14-12-10-8-2)44(52)46-40-26-30-42(31-27-40)48(5)6/h24-31,37-38H,7-23,32-36H2,1-6H3,(H,45,51)(H,46,52)/t37-,38-/m0/s1. The second-order valence-corrected chi connectivity index (χ2v) is 15.8. The van der Waals surface area contributed by atoms with E-state index < -0.39 is 0 Å². The molecule has 0 aliphatic heterocycles. The second kappa shape index (κ2) is 24.8. The van der Waals surface area contributed by atoms with Gasteiger partial charge in [0.1, 0.15) is 0 Å². The average molecular weight is 719 g/mol. The molecule has 1 fully saturated rings. The molecule has 2 atom stereocenters. The van der Waals surface area contributed by atoms with E-state index in [1.165, 1.54) is 77.0 Å². The van der Waals surface area contributed by atoms with Crippen LogP contribution in [0, 0.1) is 11.8 Å². The predicted octanol–water partition coefficient (Wildman–Crippen LogP) is 11.5. The fourth-order valence-electron chi connectivity index (χ4n) is 7.52. The van der Waals surface area contributed by atoms with Gasteiger partial charge in [-0.2, -0.15) is 0 Å². The minimum Gasteiger partial charge on any atom is -0.378 e. The van der Waals surface area contributed by atoms with Gasteiger partial charge in [0.2, 0.25) is 0 Å². The molecule has 0 radical (unpaired) electrons. The number of benzene rings is 2. The largest absolute Gasteiger partial charge is 0.378 e. The highest BCUT2D eigenvalue weighted by Gasteiger charge is 2.28. The molecule has 0 bridgehead atoms. The van der Waals surface area contributed by atoms with Gasteiger partial charge in [-0.1, -0.05) is 97.3 Å². The van der Waals surface area contributed by atoms with Gasteiger partial charge in [0.25, 0.3) is 0 Å². The fraction of sp³-hybridized carbons (Fsp3) is 0.682. The van der Waals surface area contributed by atoms with E-state index in [9.17, 15) is 9.59 Å². The number of hydrogen-bond donors (Lipinski definition) is 2. The minimum atomic E-state index is 0.00550. The van der Waals surface area contributed by atoms with Crippen LogP contribution in [0.3, 0.4) is 0 Å². The van der Waals surface area contributed by atoms with Crippen LogP contribution in [0.15, 0.2) is 48.5 Å². The van der Waals surface area contributed by atoms with Crippen molar-refractivity contribution in [3.05, 3.63) is 48.5 Å². The van der Waals surface area contributed by atoms with Crippen molar-refractivity contribution in [1.82, 2.24) is 9.80 Å². The summed E-state index contributed by atoms with van der Waals surface area (Å²) in [6, 6.07) is 16.2. The van der Waals surface area contributed by atoms with Crippen molar-refractivity contribution in [3.63, 3.8) is 0 Å². The first kappa shape index (κ1) is 43.0. The van der Waals surface area contributed by atoms with E-state index in [1.807, 2.05) is 52.5 Å². The van der Waals surface area contributed by atoms with Crippen LogP contribution >= 0.6 is 0 Å². The molecular formula is C44H74N6O2. The van der Waals surface area contributed by atoms with E-state index in [2.05, 4.69) is 68.3 Å². The van der Waals surface area contributed by atoms with Crippen molar-refractivity contribution in [1.29, 1.82) is 0 Å². The van der Waals surface area contributed by atoms with Crippen LogP contribution in [0.1, 0.15) is 129 Å². The Hall–Kier alpha value is -3.42. The molecule has 1 saturated carbocycles. The smallest absolute Gasteiger partial charge is 0.321 e. The highest BCUT2D eigenvalue weighted by atomic mass is 16.2. The van der Waals surface area contributed by atoms with E-state index in [4.69, 9.17) is 0 Å². The molecule has 0 aromatic heterocycles. The molecule has 1 aliphatic rings. The first-order chi connectivity index (χ1) is 25.2. The lowest BCUT2D eigenvalue weighted by Crippen LogP contribution is -2.43. The fourth-order valence-corrected chi connectivity index (χ4v) is 7.52.